The first-order valence-electron chi connectivity index (χ1n) is 11.8. The van der Waals surface area contributed by atoms with Crippen LogP contribution in [-0.4, -0.2) is 72.7 Å². The zero-order valence-corrected chi connectivity index (χ0v) is 20.1. The van der Waals surface area contributed by atoms with Crippen molar-refractivity contribution in [1.29, 1.82) is 0 Å². The number of likely N-dealkylation sites (tertiary alicyclic amines) is 2. The molecule has 0 aromatic heterocycles. The van der Waals surface area contributed by atoms with Crippen LogP contribution in [0.1, 0.15) is 41.9 Å². The first-order valence-corrected chi connectivity index (χ1v) is 11.8. The highest BCUT2D eigenvalue weighted by Gasteiger charge is 2.54. The van der Waals surface area contributed by atoms with Crippen molar-refractivity contribution < 1.29 is 18.8 Å². The maximum absolute atomic E-state index is 13.8. The molecule has 2 heterocycles. The van der Waals surface area contributed by atoms with Gasteiger partial charge in [-0.15, -0.1) is 0 Å². The zero-order chi connectivity index (χ0) is 24.5. The van der Waals surface area contributed by atoms with Gasteiger partial charge >= 0.3 is 0 Å². The van der Waals surface area contributed by atoms with Gasteiger partial charge in [-0.25, -0.2) is 4.39 Å². The maximum Gasteiger partial charge on any atom is 0.240 e. The lowest BCUT2D eigenvalue weighted by Crippen LogP contribution is -2.44. The summed E-state index contributed by atoms with van der Waals surface area (Å²) in [5, 5.41) is 0. The Hall–Kier alpha value is -3.06. The molecule has 6 nitrogen and oxygen atoms in total. The Kier molecular flexibility index (Phi) is 6.84. The molecule has 4 rings (SSSR count). The third kappa shape index (κ3) is 4.62. The number of halogens is 1. The lowest BCUT2D eigenvalue weighted by Gasteiger charge is -2.30. The minimum Gasteiger partial charge on any atom is -0.342 e. The van der Waals surface area contributed by atoms with Gasteiger partial charge in [0, 0.05) is 44.9 Å². The second-order valence-electron chi connectivity index (χ2n) is 9.78. The first-order chi connectivity index (χ1) is 16.2. The highest BCUT2D eigenvalue weighted by molar-refractivity contribution is 6.11. The van der Waals surface area contributed by atoms with Gasteiger partial charge in [0.05, 0.1) is 5.41 Å². The number of hydrogen-bond donors (Lipinski definition) is 0. The smallest absolute Gasteiger partial charge is 0.240 e. The van der Waals surface area contributed by atoms with E-state index in [2.05, 4.69) is 0 Å². The fraction of sp³-hybridized carbons (Fsp3) is 0.444. The minimum absolute atomic E-state index is 0.00505. The van der Waals surface area contributed by atoms with E-state index in [1.54, 1.807) is 17.0 Å². The maximum atomic E-state index is 13.8. The zero-order valence-electron chi connectivity index (χ0n) is 20.1. The first kappa shape index (κ1) is 24.1. The molecule has 0 unspecified atom stereocenters. The molecule has 0 bridgehead atoms. The number of hydrogen-bond acceptors (Lipinski definition) is 4. The fourth-order valence-electron chi connectivity index (χ4n) is 5.24. The SMILES string of the molecule is Cc1ccccc1[C@]1(CC(=O)N2CC[C@@H](c3ccc(F)cc3)C2)CC(=O)N(CCN(C)C)C1=O. The number of carbonyl (C=O) groups is 3. The largest absolute Gasteiger partial charge is 0.342 e. The molecule has 2 aromatic carbocycles. The van der Waals surface area contributed by atoms with Crippen molar-refractivity contribution in [3.8, 4) is 0 Å². The molecule has 0 aliphatic carbocycles. The molecule has 180 valence electrons. The van der Waals surface area contributed by atoms with E-state index in [0.29, 0.717) is 26.2 Å². The number of nitrogens with zero attached hydrogens (tertiary/aromatic N) is 3. The van der Waals surface area contributed by atoms with Gasteiger partial charge in [-0.05, 0) is 56.3 Å². The van der Waals surface area contributed by atoms with Crippen LogP contribution >= 0.6 is 0 Å². The summed E-state index contributed by atoms with van der Waals surface area (Å²) in [5.74, 6) is -0.775. The monoisotopic (exact) mass is 465 g/mol. The highest BCUT2D eigenvalue weighted by Crippen LogP contribution is 2.42. The second-order valence-corrected chi connectivity index (χ2v) is 9.78. The molecule has 7 heteroatoms. The summed E-state index contributed by atoms with van der Waals surface area (Å²) in [5.41, 5.74) is 1.48. The molecule has 2 saturated heterocycles. The Balaban J connectivity index is 1.58. The summed E-state index contributed by atoms with van der Waals surface area (Å²) in [4.78, 5) is 45.3. The number of amides is 3. The molecule has 2 aliphatic heterocycles. The van der Waals surface area contributed by atoms with Crippen molar-refractivity contribution in [2.24, 2.45) is 0 Å². The standard InChI is InChI=1S/C27H32FN3O3/c1-19-6-4-5-7-23(19)27(17-25(33)31(26(27)34)15-14-29(2)3)16-24(32)30-13-12-21(18-30)20-8-10-22(28)11-9-20/h4-11,21H,12-18H2,1-3H3/t21-,27+/m1/s1. The topological polar surface area (TPSA) is 60.9 Å². The van der Waals surface area contributed by atoms with Crippen molar-refractivity contribution in [3.05, 3.63) is 71.0 Å². The summed E-state index contributed by atoms with van der Waals surface area (Å²) in [6.45, 7) is 3.91. The van der Waals surface area contributed by atoms with Crippen molar-refractivity contribution in [3.63, 3.8) is 0 Å². The van der Waals surface area contributed by atoms with Crippen LogP contribution in [0.5, 0.6) is 0 Å². The summed E-state index contributed by atoms with van der Waals surface area (Å²) in [6.07, 6.45) is 0.763. The van der Waals surface area contributed by atoms with Gasteiger partial charge in [0.1, 0.15) is 5.82 Å². The molecule has 2 aliphatic rings. The summed E-state index contributed by atoms with van der Waals surface area (Å²) >= 11 is 0. The van der Waals surface area contributed by atoms with Crippen LogP contribution in [0.2, 0.25) is 0 Å². The molecular formula is C27H32FN3O3. The van der Waals surface area contributed by atoms with Crippen molar-refractivity contribution >= 4 is 17.7 Å². The van der Waals surface area contributed by atoms with Gasteiger partial charge in [0.2, 0.25) is 17.7 Å². The predicted molar refractivity (Wildman–Crippen MR) is 128 cm³/mol. The molecule has 2 atom stereocenters. The van der Waals surface area contributed by atoms with E-state index < -0.39 is 5.41 Å². The number of carbonyl (C=O) groups excluding carboxylic acids is 3. The van der Waals surface area contributed by atoms with Crippen LogP contribution in [-0.2, 0) is 19.8 Å². The lowest BCUT2D eigenvalue weighted by molar-refractivity contribution is -0.142. The third-order valence-corrected chi connectivity index (χ3v) is 7.18. The number of rotatable bonds is 7. The lowest BCUT2D eigenvalue weighted by atomic mass is 9.74. The Bertz CT molecular complexity index is 1080. The Labute approximate surface area is 200 Å². The van der Waals surface area contributed by atoms with E-state index in [0.717, 1.165) is 23.1 Å². The van der Waals surface area contributed by atoms with Crippen LogP contribution in [0.4, 0.5) is 4.39 Å². The molecule has 2 fully saturated rings. The number of likely N-dealkylation sites (N-methyl/N-ethyl adjacent to an activating group) is 1. The van der Waals surface area contributed by atoms with Gasteiger partial charge in [0.25, 0.3) is 0 Å². The van der Waals surface area contributed by atoms with Gasteiger partial charge < -0.3 is 9.80 Å². The molecule has 0 spiro atoms. The molecule has 0 N–H and O–H groups in total. The minimum atomic E-state index is -1.18. The van der Waals surface area contributed by atoms with Crippen molar-refractivity contribution in [2.75, 3.05) is 40.3 Å². The van der Waals surface area contributed by atoms with E-state index in [1.807, 2.05) is 50.2 Å². The van der Waals surface area contributed by atoms with E-state index in [1.165, 1.54) is 17.0 Å². The Morgan fingerprint density at radius 3 is 2.50 bits per heavy atom. The fourth-order valence-corrected chi connectivity index (χ4v) is 5.24. The molecule has 0 radical (unpaired) electrons. The predicted octanol–water partition coefficient (Wildman–Crippen LogP) is 3.10. The molecule has 34 heavy (non-hydrogen) atoms. The average molecular weight is 466 g/mol. The van der Waals surface area contributed by atoms with Gasteiger partial charge in [-0.2, -0.15) is 0 Å². The van der Waals surface area contributed by atoms with Crippen LogP contribution in [0.25, 0.3) is 0 Å². The molecule has 0 saturated carbocycles. The number of benzene rings is 2. The van der Waals surface area contributed by atoms with E-state index in [4.69, 9.17) is 0 Å². The Morgan fingerprint density at radius 2 is 1.82 bits per heavy atom. The quantitative estimate of drug-likeness (QED) is 0.590. The Morgan fingerprint density at radius 1 is 1.12 bits per heavy atom. The van der Waals surface area contributed by atoms with Gasteiger partial charge in [-0.1, -0.05) is 36.4 Å². The van der Waals surface area contributed by atoms with Gasteiger partial charge in [0.15, 0.2) is 0 Å². The average Bonchev–Trinajstić information content (AvgIpc) is 3.37. The highest BCUT2D eigenvalue weighted by atomic mass is 19.1. The number of aryl methyl sites for hydroxylation is 1. The second kappa shape index (κ2) is 9.66. The van der Waals surface area contributed by atoms with Crippen LogP contribution in [0, 0.1) is 12.7 Å². The van der Waals surface area contributed by atoms with Crippen LogP contribution in [0.15, 0.2) is 48.5 Å². The summed E-state index contributed by atoms with van der Waals surface area (Å²) < 4.78 is 13.3. The van der Waals surface area contributed by atoms with Crippen LogP contribution in [0.3, 0.4) is 0 Å². The van der Waals surface area contributed by atoms with Gasteiger partial charge in [-0.3, -0.25) is 19.3 Å². The van der Waals surface area contributed by atoms with E-state index in [-0.39, 0.29) is 42.3 Å². The van der Waals surface area contributed by atoms with Crippen molar-refractivity contribution in [1.82, 2.24) is 14.7 Å². The molecule has 2 aromatic rings. The van der Waals surface area contributed by atoms with E-state index >= 15 is 0 Å². The summed E-state index contributed by atoms with van der Waals surface area (Å²) in [6, 6.07) is 14.0. The number of imide groups is 1. The summed E-state index contributed by atoms with van der Waals surface area (Å²) in [7, 11) is 3.79. The van der Waals surface area contributed by atoms with Crippen molar-refractivity contribution in [2.45, 2.75) is 37.5 Å². The third-order valence-electron chi connectivity index (χ3n) is 7.18. The normalized spacial score (nSPS) is 22.8. The molecular weight excluding hydrogens is 433 g/mol. The van der Waals surface area contributed by atoms with E-state index in [9.17, 15) is 18.8 Å². The van der Waals surface area contributed by atoms with Crippen LogP contribution < -0.4 is 0 Å². The molecule has 3 amide bonds.